The van der Waals surface area contributed by atoms with Crippen LogP contribution in [0.4, 0.5) is 0 Å². The average molecular weight is 346 g/mol. The van der Waals surface area contributed by atoms with Gasteiger partial charge in [0.2, 0.25) is 0 Å². The lowest BCUT2D eigenvalue weighted by Crippen LogP contribution is -2.27. The standard InChI is InChI=1S/C24H43N/c1-3-5-6-7-9-22-14-17-24(20-25,18-15-22)19-16-23-12-10-21(8-4-2)11-13-23/h21-23H,3-19H2,1-2H3. The fourth-order valence-corrected chi connectivity index (χ4v) is 5.49. The predicted molar refractivity (Wildman–Crippen MR) is 108 cm³/mol. The largest absolute Gasteiger partial charge is 0.198 e. The van der Waals surface area contributed by atoms with Crippen molar-refractivity contribution in [2.24, 2.45) is 23.2 Å². The van der Waals surface area contributed by atoms with E-state index in [2.05, 4.69) is 19.9 Å². The van der Waals surface area contributed by atoms with E-state index < -0.39 is 0 Å². The number of hydrogen-bond acceptors (Lipinski definition) is 1. The Morgan fingerprint density at radius 3 is 1.88 bits per heavy atom. The molecule has 0 amide bonds. The van der Waals surface area contributed by atoms with Gasteiger partial charge in [-0.3, -0.25) is 0 Å². The molecule has 144 valence electrons. The molecule has 0 spiro atoms. The molecule has 1 heteroatoms. The lowest BCUT2D eigenvalue weighted by atomic mass is 9.66. The van der Waals surface area contributed by atoms with Crippen molar-refractivity contribution in [3.8, 4) is 6.07 Å². The van der Waals surface area contributed by atoms with Gasteiger partial charge in [0.25, 0.3) is 0 Å². The maximum absolute atomic E-state index is 9.87. The minimum atomic E-state index is 0.0419. The highest BCUT2D eigenvalue weighted by Gasteiger charge is 2.35. The van der Waals surface area contributed by atoms with Gasteiger partial charge in [-0.15, -0.1) is 0 Å². The second-order valence-corrected chi connectivity index (χ2v) is 9.40. The Labute approximate surface area is 158 Å². The van der Waals surface area contributed by atoms with Gasteiger partial charge in [0.15, 0.2) is 0 Å². The molecule has 0 atom stereocenters. The van der Waals surface area contributed by atoms with Gasteiger partial charge in [-0.2, -0.15) is 5.26 Å². The van der Waals surface area contributed by atoms with Crippen molar-refractivity contribution in [2.75, 3.05) is 0 Å². The van der Waals surface area contributed by atoms with E-state index in [1.54, 1.807) is 0 Å². The molecule has 0 radical (unpaired) electrons. The second kappa shape index (κ2) is 11.3. The van der Waals surface area contributed by atoms with Crippen LogP contribution in [0.3, 0.4) is 0 Å². The SMILES string of the molecule is CCCCCCC1CCC(C#N)(CCC2CCC(CCC)CC2)CC1. The van der Waals surface area contributed by atoms with Gasteiger partial charge in [-0.1, -0.05) is 84.5 Å². The van der Waals surface area contributed by atoms with Crippen molar-refractivity contribution in [2.45, 2.75) is 123 Å². The van der Waals surface area contributed by atoms with E-state index in [4.69, 9.17) is 0 Å². The Morgan fingerprint density at radius 2 is 1.32 bits per heavy atom. The third kappa shape index (κ3) is 6.96. The van der Waals surface area contributed by atoms with Gasteiger partial charge < -0.3 is 0 Å². The minimum absolute atomic E-state index is 0.0419. The lowest BCUT2D eigenvalue weighted by Gasteiger charge is -2.37. The molecule has 0 unspecified atom stereocenters. The van der Waals surface area contributed by atoms with Crippen LogP contribution in [0.1, 0.15) is 123 Å². The van der Waals surface area contributed by atoms with E-state index in [-0.39, 0.29) is 5.41 Å². The van der Waals surface area contributed by atoms with Crippen LogP contribution in [0.25, 0.3) is 0 Å². The summed E-state index contributed by atoms with van der Waals surface area (Å²) in [5.41, 5.74) is 0.0419. The van der Waals surface area contributed by atoms with Crippen molar-refractivity contribution in [1.29, 1.82) is 5.26 Å². The summed E-state index contributed by atoms with van der Waals surface area (Å²) < 4.78 is 0. The number of nitriles is 1. The van der Waals surface area contributed by atoms with Crippen LogP contribution < -0.4 is 0 Å². The first-order valence-electron chi connectivity index (χ1n) is 11.6. The Hall–Kier alpha value is -0.510. The molecule has 0 aromatic rings. The maximum atomic E-state index is 9.87. The molecule has 0 heterocycles. The van der Waals surface area contributed by atoms with Crippen LogP contribution in [0.2, 0.25) is 0 Å². The summed E-state index contributed by atoms with van der Waals surface area (Å²) in [6.45, 7) is 4.61. The van der Waals surface area contributed by atoms with Crippen molar-refractivity contribution in [1.82, 2.24) is 0 Å². The van der Waals surface area contributed by atoms with E-state index in [9.17, 15) is 5.26 Å². The summed E-state index contributed by atoms with van der Waals surface area (Å²) in [7, 11) is 0. The van der Waals surface area contributed by atoms with Crippen LogP contribution in [-0.2, 0) is 0 Å². The zero-order valence-corrected chi connectivity index (χ0v) is 17.2. The molecule has 0 aromatic heterocycles. The molecule has 0 bridgehead atoms. The van der Waals surface area contributed by atoms with E-state index >= 15 is 0 Å². The highest BCUT2D eigenvalue weighted by atomic mass is 14.4. The molecular weight excluding hydrogens is 302 g/mol. The summed E-state index contributed by atoms with van der Waals surface area (Å²) in [5.74, 6) is 2.85. The zero-order valence-electron chi connectivity index (χ0n) is 17.2. The fraction of sp³-hybridized carbons (Fsp3) is 0.958. The number of hydrogen-bond donors (Lipinski definition) is 0. The van der Waals surface area contributed by atoms with E-state index in [0.29, 0.717) is 0 Å². The van der Waals surface area contributed by atoms with E-state index in [1.165, 1.54) is 109 Å². The van der Waals surface area contributed by atoms with Crippen LogP contribution in [0.5, 0.6) is 0 Å². The lowest BCUT2D eigenvalue weighted by molar-refractivity contribution is 0.163. The molecule has 0 saturated heterocycles. The van der Waals surface area contributed by atoms with Crippen molar-refractivity contribution in [3.63, 3.8) is 0 Å². The van der Waals surface area contributed by atoms with E-state index in [0.717, 1.165) is 17.8 Å². The first kappa shape index (κ1) is 20.8. The molecule has 0 aliphatic heterocycles. The Bertz CT molecular complexity index is 377. The summed E-state index contributed by atoms with van der Waals surface area (Å²) in [4.78, 5) is 0. The average Bonchev–Trinajstić information content (AvgIpc) is 2.66. The van der Waals surface area contributed by atoms with Gasteiger partial charge in [-0.05, 0) is 56.3 Å². The molecular formula is C24H43N. The second-order valence-electron chi connectivity index (χ2n) is 9.40. The Balaban J connectivity index is 1.66. The quantitative estimate of drug-likeness (QED) is 0.367. The number of unbranched alkanes of at least 4 members (excludes halogenated alkanes) is 3. The number of rotatable bonds is 10. The molecule has 1 nitrogen and oxygen atoms in total. The summed E-state index contributed by atoms with van der Waals surface area (Å²) >= 11 is 0. The summed E-state index contributed by atoms with van der Waals surface area (Å²) in [5, 5.41) is 9.87. The third-order valence-corrected chi connectivity index (χ3v) is 7.46. The van der Waals surface area contributed by atoms with Crippen molar-refractivity contribution >= 4 is 0 Å². The summed E-state index contributed by atoms with van der Waals surface area (Å²) in [6, 6.07) is 2.78. The molecule has 0 N–H and O–H groups in total. The normalized spacial score (nSPS) is 33.1. The highest BCUT2D eigenvalue weighted by molar-refractivity contribution is 5.01. The van der Waals surface area contributed by atoms with Crippen LogP contribution in [0, 0.1) is 34.5 Å². The van der Waals surface area contributed by atoms with Gasteiger partial charge in [0, 0.05) is 0 Å². The minimum Gasteiger partial charge on any atom is -0.198 e. The van der Waals surface area contributed by atoms with Gasteiger partial charge >= 0.3 is 0 Å². The molecule has 0 aromatic carbocycles. The maximum Gasteiger partial charge on any atom is 0.0689 e. The zero-order chi connectivity index (χ0) is 18.0. The summed E-state index contributed by atoms with van der Waals surface area (Å²) in [6.07, 6.45) is 23.1. The topological polar surface area (TPSA) is 23.8 Å². The molecule has 2 rings (SSSR count). The van der Waals surface area contributed by atoms with Crippen molar-refractivity contribution < 1.29 is 0 Å². The molecule has 2 aliphatic rings. The third-order valence-electron chi connectivity index (χ3n) is 7.46. The molecule has 2 saturated carbocycles. The first-order chi connectivity index (χ1) is 12.2. The van der Waals surface area contributed by atoms with Gasteiger partial charge in [-0.25, -0.2) is 0 Å². The van der Waals surface area contributed by atoms with Crippen LogP contribution >= 0.6 is 0 Å². The highest BCUT2D eigenvalue weighted by Crippen LogP contribution is 2.45. The molecule has 25 heavy (non-hydrogen) atoms. The fourth-order valence-electron chi connectivity index (χ4n) is 5.49. The van der Waals surface area contributed by atoms with Crippen molar-refractivity contribution in [3.05, 3.63) is 0 Å². The Kier molecular flexibility index (Phi) is 9.36. The van der Waals surface area contributed by atoms with E-state index in [1.807, 2.05) is 0 Å². The van der Waals surface area contributed by atoms with Crippen LogP contribution in [0.15, 0.2) is 0 Å². The molecule has 2 fully saturated rings. The van der Waals surface area contributed by atoms with Gasteiger partial charge in [0.05, 0.1) is 11.5 Å². The molecule has 2 aliphatic carbocycles. The number of nitrogens with zero attached hydrogens (tertiary/aromatic N) is 1. The first-order valence-corrected chi connectivity index (χ1v) is 11.6. The van der Waals surface area contributed by atoms with Gasteiger partial charge in [0.1, 0.15) is 0 Å². The van der Waals surface area contributed by atoms with Crippen LogP contribution in [-0.4, -0.2) is 0 Å². The smallest absolute Gasteiger partial charge is 0.0689 e. The Morgan fingerprint density at radius 1 is 0.720 bits per heavy atom. The monoisotopic (exact) mass is 345 g/mol. The predicted octanol–water partition coefficient (Wildman–Crippen LogP) is 8.04.